The summed E-state index contributed by atoms with van der Waals surface area (Å²) < 4.78 is 23.8. The van der Waals surface area contributed by atoms with Crippen LogP contribution in [0.4, 0.5) is 4.79 Å². The summed E-state index contributed by atoms with van der Waals surface area (Å²) in [6, 6.07) is 6.47. The Morgan fingerprint density at radius 2 is 1.74 bits per heavy atom. The van der Waals surface area contributed by atoms with Crippen molar-refractivity contribution in [3.8, 4) is 0 Å². The number of ketones is 1. The Kier molecular flexibility index (Phi) is 10.6. The number of carbonyl (C=O) groups excluding carboxylic acids is 4. The van der Waals surface area contributed by atoms with Crippen molar-refractivity contribution in [1.82, 2.24) is 15.5 Å². The number of nitrogens with one attached hydrogen (secondary N) is 2. The van der Waals surface area contributed by atoms with Crippen LogP contribution in [0.5, 0.6) is 0 Å². The summed E-state index contributed by atoms with van der Waals surface area (Å²) >= 11 is 3.33. The number of rotatable bonds is 14. The number of hydrogen-bond acceptors (Lipinski definition) is 7. The molecule has 4 amide bonds. The summed E-state index contributed by atoms with van der Waals surface area (Å²) in [4.78, 5) is 52.0. The van der Waals surface area contributed by atoms with Crippen molar-refractivity contribution >= 4 is 47.2 Å². The van der Waals surface area contributed by atoms with Gasteiger partial charge in [-0.25, -0.2) is 4.79 Å². The van der Waals surface area contributed by atoms with E-state index in [-0.39, 0.29) is 51.1 Å². The molecule has 1 saturated heterocycles. The highest BCUT2D eigenvalue weighted by Gasteiger charge is 2.54. The van der Waals surface area contributed by atoms with E-state index < -0.39 is 36.9 Å². The van der Waals surface area contributed by atoms with Crippen molar-refractivity contribution in [3.63, 3.8) is 0 Å². The third-order valence-electron chi connectivity index (χ3n) is 5.64. The van der Waals surface area contributed by atoms with Gasteiger partial charge in [-0.2, -0.15) is 0 Å². The average molecular weight is 574 g/mol. The van der Waals surface area contributed by atoms with Crippen molar-refractivity contribution < 1.29 is 32.8 Å². The first-order chi connectivity index (χ1) is 16.5. The number of carbonyl (C=O) groups is 4. The molecule has 0 bridgehead atoms. The fourth-order valence-electron chi connectivity index (χ4n) is 3.77. The number of halogens is 1. The molecule has 2 N–H and O–H groups in total. The van der Waals surface area contributed by atoms with Gasteiger partial charge in [0.05, 0.1) is 32.3 Å². The Bertz CT molecular complexity index is 976. The van der Waals surface area contributed by atoms with E-state index in [1.54, 1.807) is 52.0 Å². The molecular weight excluding hydrogens is 541 g/mol. The Morgan fingerprint density at radius 1 is 1.14 bits per heavy atom. The van der Waals surface area contributed by atoms with E-state index in [1.165, 1.54) is 0 Å². The molecule has 1 fully saturated rings. The first-order valence-electron chi connectivity index (χ1n) is 11.5. The minimum absolute atomic E-state index is 0.0157. The lowest BCUT2D eigenvalue weighted by Gasteiger charge is -2.30. The predicted molar refractivity (Wildman–Crippen MR) is 134 cm³/mol. The van der Waals surface area contributed by atoms with Crippen LogP contribution in [0, 0.1) is 5.92 Å². The van der Waals surface area contributed by atoms with E-state index >= 15 is 0 Å². The van der Waals surface area contributed by atoms with Crippen molar-refractivity contribution in [2.24, 2.45) is 5.92 Å². The van der Waals surface area contributed by atoms with Crippen LogP contribution < -0.4 is 10.6 Å². The predicted octanol–water partition coefficient (Wildman–Crippen LogP) is 3.28. The lowest BCUT2D eigenvalue weighted by Crippen LogP contribution is -2.54. The molecule has 1 aromatic rings. The van der Waals surface area contributed by atoms with E-state index in [2.05, 4.69) is 26.6 Å². The van der Waals surface area contributed by atoms with Crippen LogP contribution in [0.3, 0.4) is 0 Å². The third-order valence-corrected chi connectivity index (χ3v) is 8.24. The van der Waals surface area contributed by atoms with E-state index in [1.807, 2.05) is 0 Å². The van der Waals surface area contributed by atoms with E-state index in [4.69, 9.17) is 9.05 Å². The van der Waals surface area contributed by atoms with Gasteiger partial charge in [0.2, 0.25) is 5.91 Å². The van der Waals surface area contributed by atoms with Crippen LogP contribution in [0.2, 0.25) is 0 Å². The first-order valence-corrected chi connectivity index (χ1v) is 14.0. The van der Waals surface area contributed by atoms with Gasteiger partial charge in [0.25, 0.3) is 5.91 Å². The second-order valence-electron chi connectivity index (χ2n) is 8.49. The van der Waals surface area contributed by atoms with Crippen molar-refractivity contribution in [2.45, 2.75) is 46.1 Å². The van der Waals surface area contributed by atoms with Gasteiger partial charge < -0.3 is 19.7 Å². The number of hydrogen-bond donors (Lipinski definition) is 2. The fourth-order valence-corrected chi connectivity index (χ4v) is 5.54. The molecule has 1 aromatic carbocycles. The Morgan fingerprint density at radius 3 is 2.29 bits per heavy atom. The molecule has 0 saturated carbocycles. The average Bonchev–Trinajstić information content (AvgIpc) is 3.00. The largest absolute Gasteiger partial charge is 0.355 e. The monoisotopic (exact) mass is 573 g/mol. The molecule has 1 heterocycles. The Hall–Kier alpha value is -2.07. The van der Waals surface area contributed by atoms with E-state index in [0.29, 0.717) is 0 Å². The van der Waals surface area contributed by atoms with Gasteiger partial charge >= 0.3 is 13.6 Å². The number of Topliss-reactive ketones (excluding diaryl/α,β-unsaturated/α-hetero) is 1. The highest BCUT2D eigenvalue weighted by atomic mass is 79.9. The van der Waals surface area contributed by atoms with E-state index in [9.17, 15) is 23.7 Å². The zero-order chi connectivity index (χ0) is 26.2. The summed E-state index contributed by atoms with van der Waals surface area (Å²) in [7, 11) is -3.33. The summed E-state index contributed by atoms with van der Waals surface area (Å²) in [5.41, 5.74) is -0.723. The van der Waals surface area contributed by atoms with Gasteiger partial charge in [-0.3, -0.25) is 23.8 Å². The molecule has 194 valence electrons. The Balaban J connectivity index is 2.02. The maximum Gasteiger partial charge on any atom is 0.332 e. The van der Waals surface area contributed by atoms with Gasteiger partial charge in [0.1, 0.15) is 5.54 Å². The highest BCUT2D eigenvalue weighted by molar-refractivity contribution is 9.10. The Labute approximate surface area is 214 Å². The molecule has 1 aliphatic heterocycles. The van der Waals surface area contributed by atoms with Crippen molar-refractivity contribution in [2.75, 3.05) is 32.5 Å². The van der Waals surface area contributed by atoms with E-state index in [0.717, 1.165) is 14.9 Å². The quantitative estimate of drug-likeness (QED) is 0.258. The minimum atomic E-state index is -3.33. The second kappa shape index (κ2) is 12.8. The molecule has 1 aliphatic rings. The molecule has 10 nitrogen and oxygen atoms in total. The number of nitrogens with zero attached hydrogens (tertiary/aromatic N) is 1. The van der Waals surface area contributed by atoms with Crippen LogP contribution in [0.25, 0.3) is 0 Å². The maximum atomic E-state index is 13.3. The van der Waals surface area contributed by atoms with Gasteiger partial charge in [-0.15, -0.1) is 0 Å². The minimum Gasteiger partial charge on any atom is -0.355 e. The normalized spacial score (nSPS) is 18.2. The molecule has 0 spiro atoms. The van der Waals surface area contributed by atoms with Crippen LogP contribution in [-0.2, 0) is 34.4 Å². The third kappa shape index (κ3) is 7.70. The smallest absolute Gasteiger partial charge is 0.332 e. The van der Waals surface area contributed by atoms with Crippen LogP contribution in [0.1, 0.15) is 39.7 Å². The number of urea groups is 1. The topological polar surface area (TPSA) is 131 Å². The van der Waals surface area contributed by atoms with Gasteiger partial charge in [-0.05, 0) is 37.5 Å². The number of amides is 4. The molecule has 2 rings (SSSR count). The van der Waals surface area contributed by atoms with Crippen molar-refractivity contribution in [3.05, 3.63) is 34.3 Å². The SMILES string of the molecule is CCOP(=O)(CCNC(=O)CC1(C(C)C)NC(=O)N(CC(=O)Cc2ccc(Br)cc2)C1=O)OCC. The number of benzene rings is 1. The lowest BCUT2D eigenvalue weighted by atomic mass is 9.82. The summed E-state index contributed by atoms with van der Waals surface area (Å²) in [6.45, 7) is 6.87. The highest BCUT2D eigenvalue weighted by Crippen LogP contribution is 2.47. The molecule has 0 aromatic heterocycles. The molecular formula is C23H33BrN3O7P. The molecule has 0 radical (unpaired) electrons. The van der Waals surface area contributed by atoms with Crippen LogP contribution in [0.15, 0.2) is 28.7 Å². The molecule has 1 atom stereocenters. The molecule has 35 heavy (non-hydrogen) atoms. The van der Waals surface area contributed by atoms with Crippen LogP contribution in [-0.4, -0.2) is 66.5 Å². The zero-order valence-corrected chi connectivity index (χ0v) is 22.9. The fraction of sp³-hybridized carbons (Fsp3) is 0.565. The summed E-state index contributed by atoms with van der Waals surface area (Å²) in [6.07, 6.45) is -0.272. The standard InChI is InChI=1S/C23H33BrN3O7P/c1-5-33-35(32,34-6-2)12-11-25-20(29)14-23(16(3)4)21(30)27(22(31)26-23)15-19(28)13-17-7-9-18(24)10-8-17/h7-10,16H,5-6,11-15H2,1-4H3,(H,25,29)(H,26,31). The summed E-state index contributed by atoms with van der Waals surface area (Å²) in [5.74, 6) is -1.85. The molecule has 0 aliphatic carbocycles. The lowest BCUT2D eigenvalue weighted by molar-refractivity contribution is -0.138. The first kappa shape index (κ1) is 29.2. The maximum absolute atomic E-state index is 13.3. The molecule has 1 unspecified atom stereocenters. The second-order valence-corrected chi connectivity index (χ2v) is 11.6. The molecule has 12 heteroatoms. The number of imide groups is 1. The van der Waals surface area contributed by atoms with Gasteiger partial charge in [-0.1, -0.05) is 41.9 Å². The summed E-state index contributed by atoms with van der Waals surface area (Å²) in [5, 5.41) is 5.26. The van der Waals surface area contributed by atoms with Crippen molar-refractivity contribution in [1.29, 1.82) is 0 Å². The zero-order valence-electron chi connectivity index (χ0n) is 20.5. The van der Waals surface area contributed by atoms with Crippen LogP contribution >= 0.6 is 23.5 Å². The van der Waals surface area contributed by atoms with Gasteiger partial charge in [0.15, 0.2) is 5.78 Å². The van der Waals surface area contributed by atoms with Gasteiger partial charge in [0, 0.05) is 17.4 Å².